The first-order chi connectivity index (χ1) is 11.5. The van der Waals surface area contributed by atoms with Crippen molar-refractivity contribution in [3.63, 3.8) is 0 Å². The summed E-state index contributed by atoms with van der Waals surface area (Å²) in [5.74, 6) is 0.0646. The number of ether oxygens (including phenoxy) is 2. The van der Waals surface area contributed by atoms with Crippen molar-refractivity contribution in [3.8, 4) is 11.5 Å². The summed E-state index contributed by atoms with van der Waals surface area (Å²) in [4.78, 5) is 24.1. The van der Waals surface area contributed by atoms with Crippen LogP contribution in [-0.2, 0) is 0 Å². The van der Waals surface area contributed by atoms with E-state index in [1.807, 2.05) is 6.92 Å². The van der Waals surface area contributed by atoms with Gasteiger partial charge in [0, 0.05) is 16.1 Å². The van der Waals surface area contributed by atoms with Crippen molar-refractivity contribution in [2.45, 2.75) is 6.92 Å². The Morgan fingerprint density at radius 2 is 1.54 bits per heavy atom. The zero-order chi connectivity index (χ0) is 17.5. The molecular formula is C17H17ClN2O4. The molecule has 2 aromatic carbocycles. The molecule has 0 bridgehead atoms. The molecule has 0 spiro atoms. The first-order valence-electron chi connectivity index (χ1n) is 7.22. The van der Waals surface area contributed by atoms with E-state index in [4.69, 9.17) is 21.1 Å². The third-order valence-electron chi connectivity index (χ3n) is 3.12. The molecule has 0 saturated carbocycles. The van der Waals surface area contributed by atoms with E-state index in [9.17, 15) is 9.59 Å². The Hall–Kier alpha value is -2.73. The first kappa shape index (κ1) is 17.6. The van der Waals surface area contributed by atoms with Crippen LogP contribution in [-0.4, -0.2) is 25.5 Å². The van der Waals surface area contributed by atoms with E-state index in [1.54, 1.807) is 42.5 Å². The van der Waals surface area contributed by atoms with Crippen molar-refractivity contribution < 1.29 is 19.1 Å². The van der Waals surface area contributed by atoms with Crippen LogP contribution in [0, 0.1) is 0 Å². The zero-order valence-electron chi connectivity index (χ0n) is 13.3. The van der Waals surface area contributed by atoms with E-state index in [0.29, 0.717) is 34.3 Å². The largest absolute Gasteiger partial charge is 0.493 e. The minimum absolute atomic E-state index is 0.329. The maximum absolute atomic E-state index is 12.1. The Morgan fingerprint density at radius 3 is 2.12 bits per heavy atom. The second-order valence-electron chi connectivity index (χ2n) is 4.71. The number of carbonyl (C=O) groups excluding carboxylic acids is 2. The quantitative estimate of drug-likeness (QED) is 0.815. The van der Waals surface area contributed by atoms with E-state index >= 15 is 0 Å². The highest BCUT2D eigenvalue weighted by molar-refractivity contribution is 6.30. The molecule has 0 aliphatic heterocycles. The van der Waals surface area contributed by atoms with Gasteiger partial charge in [-0.3, -0.25) is 20.4 Å². The second kappa shape index (κ2) is 8.21. The van der Waals surface area contributed by atoms with Crippen molar-refractivity contribution in [2.75, 3.05) is 13.7 Å². The maximum atomic E-state index is 12.1. The van der Waals surface area contributed by atoms with Gasteiger partial charge in [-0.1, -0.05) is 11.6 Å². The molecule has 0 heterocycles. The summed E-state index contributed by atoms with van der Waals surface area (Å²) in [7, 11) is 1.52. The van der Waals surface area contributed by atoms with E-state index < -0.39 is 11.8 Å². The highest BCUT2D eigenvalue weighted by Gasteiger charge is 2.12. The minimum Gasteiger partial charge on any atom is -0.493 e. The number of benzene rings is 2. The highest BCUT2D eigenvalue weighted by Crippen LogP contribution is 2.27. The highest BCUT2D eigenvalue weighted by atomic mass is 35.5. The third-order valence-corrected chi connectivity index (χ3v) is 3.37. The Kier molecular flexibility index (Phi) is 6.03. The first-order valence-corrected chi connectivity index (χ1v) is 7.60. The van der Waals surface area contributed by atoms with Crippen LogP contribution in [0.1, 0.15) is 27.6 Å². The van der Waals surface area contributed by atoms with Gasteiger partial charge in [-0.2, -0.15) is 0 Å². The average molecular weight is 349 g/mol. The number of halogens is 1. The summed E-state index contributed by atoms with van der Waals surface area (Å²) in [5, 5.41) is 0.525. The topological polar surface area (TPSA) is 76.7 Å². The van der Waals surface area contributed by atoms with Crippen molar-refractivity contribution in [1.82, 2.24) is 10.9 Å². The molecule has 126 valence electrons. The number of amides is 2. The van der Waals surface area contributed by atoms with Crippen molar-refractivity contribution in [2.24, 2.45) is 0 Å². The van der Waals surface area contributed by atoms with Gasteiger partial charge in [0.1, 0.15) is 0 Å². The fourth-order valence-electron chi connectivity index (χ4n) is 1.95. The maximum Gasteiger partial charge on any atom is 0.269 e. The zero-order valence-corrected chi connectivity index (χ0v) is 14.0. The van der Waals surface area contributed by atoms with Gasteiger partial charge < -0.3 is 9.47 Å². The molecule has 0 fully saturated rings. The SMILES string of the molecule is CCOc1cc(C(=O)NNC(=O)c2ccc(Cl)cc2)ccc1OC. The van der Waals surface area contributed by atoms with Crippen LogP contribution < -0.4 is 20.3 Å². The van der Waals surface area contributed by atoms with Crippen LogP contribution in [0.15, 0.2) is 42.5 Å². The lowest BCUT2D eigenvalue weighted by Gasteiger charge is -2.12. The van der Waals surface area contributed by atoms with Gasteiger partial charge in [0.2, 0.25) is 0 Å². The summed E-state index contributed by atoms with van der Waals surface area (Å²) >= 11 is 5.77. The molecule has 0 saturated heterocycles. The summed E-state index contributed by atoms with van der Waals surface area (Å²) < 4.78 is 10.6. The molecule has 6 nitrogen and oxygen atoms in total. The lowest BCUT2D eigenvalue weighted by Crippen LogP contribution is -2.41. The molecule has 0 aromatic heterocycles. The van der Waals surface area contributed by atoms with Gasteiger partial charge in [0.15, 0.2) is 11.5 Å². The lowest BCUT2D eigenvalue weighted by molar-refractivity contribution is 0.0846. The fourth-order valence-corrected chi connectivity index (χ4v) is 2.07. The predicted molar refractivity (Wildman–Crippen MR) is 90.5 cm³/mol. The van der Waals surface area contributed by atoms with Crippen LogP contribution in [0.2, 0.25) is 5.02 Å². The number of nitrogens with one attached hydrogen (secondary N) is 2. The molecule has 7 heteroatoms. The van der Waals surface area contributed by atoms with E-state index in [2.05, 4.69) is 10.9 Å². The van der Waals surface area contributed by atoms with E-state index in [0.717, 1.165) is 0 Å². The average Bonchev–Trinajstić information content (AvgIpc) is 2.60. The van der Waals surface area contributed by atoms with Gasteiger partial charge in [-0.25, -0.2) is 0 Å². The smallest absolute Gasteiger partial charge is 0.269 e. The van der Waals surface area contributed by atoms with Crippen LogP contribution in [0.5, 0.6) is 11.5 Å². The standard InChI is InChI=1S/C17H17ClN2O4/c1-3-24-15-10-12(6-9-14(15)23-2)17(22)20-19-16(21)11-4-7-13(18)8-5-11/h4-10H,3H2,1-2H3,(H,19,21)(H,20,22). The second-order valence-corrected chi connectivity index (χ2v) is 5.15. The Balaban J connectivity index is 2.03. The third kappa shape index (κ3) is 4.39. The predicted octanol–water partition coefficient (Wildman–Crippen LogP) is 2.82. The molecule has 0 aliphatic carbocycles. The van der Waals surface area contributed by atoms with Crippen molar-refractivity contribution in [1.29, 1.82) is 0 Å². The summed E-state index contributed by atoms with van der Waals surface area (Å²) in [5.41, 5.74) is 5.40. The Labute approximate surface area is 144 Å². The molecular weight excluding hydrogens is 332 g/mol. The number of rotatable bonds is 5. The fraction of sp³-hybridized carbons (Fsp3) is 0.176. The number of hydrogen-bond donors (Lipinski definition) is 2. The van der Waals surface area contributed by atoms with Gasteiger partial charge in [-0.15, -0.1) is 0 Å². The molecule has 2 aromatic rings. The molecule has 0 aliphatic rings. The van der Waals surface area contributed by atoms with Gasteiger partial charge in [0.25, 0.3) is 11.8 Å². The van der Waals surface area contributed by atoms with Crippen molar-refractivity contribution >= 4 is 23.4 Å². The normalized spacial score (nSPS) is 9.96. The molecule has 0 atom stereocenters. The molecule has 24 heavy (non-hydrogen) atoms. The lowest BCUT2D eigenvalue weighted by atomic mass is 10.2. The van der Waals surface area contributed by atoms with E-state index in [1.165, 1.54) is 7.11 Å². The molecule has 2 rings (SSSR count). The Bertz CT molecular complexity index is 732. The molecule has 0 radical (unpaired) electrons. The number of hydrogen-bond acceptors (Lipinski definition) is 4. The van der Waals surface area contributed by atoms with Gasteiger partial charge in [0.05, 0.1) is 13.7 Å². The summed E-state index contributed by atoms with van der Waals surface area (Å²) in [6.45, 7) is 2.27. The number of hydrazine groups is 1. The van der Waals surface area contributed by atoms with Crippen LogP contribution in [0.4, 0.5) is 0 Å². The van der Waals surface area contributed by atoms with Gasteiger partial charge >= 0.3 is 0 Å². The van der Waals surface area contributed by atoms with Gasteiger partial charge in [-0.05, 0) is 49.4 Å². The summed E-state index contributed by atoms with van der Waals surface area (Å²) in [6, 6.07) is 11.1. The monoisotopic (exact) mass is 348 g/mol. The van der Waals surface area contributed by atoms with Crippen LogP contribution in [0.25, 0.3) is 0 Å². The van der Waals surface area contributed by atoms with E-state index in [-0.39, 0.29) is 0 Å². The summed E-state index contributed by atoms with van der Waals surface area (Å²) in [6.07, 6.45) is 0. The van der Waals surface area contributed by atoms with Crippen LogP contribution in [0.3, 0.4) is 0 Å². The Morgan fingerprint density at radius 1 is 0.958 bits per heavy atom. The minimum atomic E-state index is -0.471. The molecule has 2 amide bonds. The molecule has 0 unspecified atom stereocenters. The number of methoxy groups -OCH3 is 1. The van der Waals surface area contributed by atoms with Crippen LogP contribution >= 0.6 is 11.6 Å². The van der Waals surface area contributed by atoms with Crippen molar-refractivity contribution in [3.05, 3.63) is 58.6 Å². The number of carbonyl (C=O) groups is 2. The molecule has 2 N–H and O–H groups in total.